The molecule has 0 spiro atoms. The standard InChI is InChI=1S/C16H24N2O3/c1-11-5-3-4-6-14(11)21-10-9-17-15(19)13-8-7-12(2)18-16(13)20/h7-8,11,14H,3-6,9-10H2,1-2H3,(H,17,19)(H,18,20)/t11-,14+/m1/s1. The number of carbonyl (C=O) groups is 1. The molecule has 0 bridgehead atoms. The van der Waals surface area contributed by atoms with Gasteiger partial charge in [0.15, 0.2) is 0 Å². The van der Waals surface area contributed by atoms with Gasteiger partial charge >= 0.3 is 0 Å². The summed E-state index contributed by atoms with van der Waals surface area (Å²) in [5.41, 5.74) is 0.534. The number of ether oxygens (including phenoxy) is 1. The molecule has 1 amide bonds. The summed E-state index contributed by atoms with van der Waals surface area (Å²) in [7, 11) is 0. The molecule has 2 atom stereocenters. The van der Waals surface area contributed by atoms with Crippen molar-refractivity contribution in [3.63, 3.8) is 0 Å². The summed E-state index contributed by atoms with van der Waals surface area (Å²) in [6.07, 6.45) is 5.13. The van der Waals surface area contributed by atoms with Crippen LogP contribution < -0.4 is 10.9 Å². The van der Waals surface area contributed by atoms with E-state index in [1.807, 2.05) is 0 Å². The van der Waals surface area contributed by atoms with Gasteiger partial charge in [-0.05, 0) is 37.8 Å². The van der Waals surface area contributed by atoms with E-state index < -0.39 is 0 Å². The molecule has 1 aromatic heterocycles. The summed E-state index contributed by atoms with van der Waals surface area (Å²) in [5, 5.41) is 2.73. The Kier molecular flexibility index (Phi) is 5.56. The Labute approximate surface area is 125 Å². The Morgan fingerprint density at radius 2 is 2.14 bits per heavy atom. The molecule has 5 nitrogen and oxygen atoms in total. The van der Waals surface area contributed by atoms with Gasteiger partial charge in [0.2, 0.25) is 0 Å². The number of hydrogen-bond acceptors (Lipinski definition) is 3. The lowest BCUT2D eigenvalue weighted by Gasteiger charge is -2.28. The topological polar surface area (TPSA) is 71.2 Å². The predicted octanol–water partition coefficient (Wildman–Crippen LogP) is 2.01. The molecule has 2 N–H and O–H groups in total. The third kappa shape index (κ3) is 4.43. The van der Waals surface area contributed by atoms with E-state index in [-0.39, 0.29) is 17.0 Å². The van der Waals surface area contributed by atoms with E-state index in [1.165, 1.54) is 19.3 Å². The number of H-pyrrole nitrogens is 1. The second-order valence-electron chi connectivity index (χ2n) is 5.81. The highest BCUT2D eigenvalue weighted by Crippen LogP contribution is 2.25. The van der Waals surface area contributed by atoms with Crippen LogP contribution in [0.15, 0.2) is 16.9 Å². The molecule has 0 aromatic carbocycles. The van der Waals surface area contributed by atoms with E-state index in [1.54, 1.807) is 19.1 Å². The molecule has 1 aliphatic rings. The van der Waals surface area contributed by atoms with Crippen LogP contribution in [-0.4, -0.2) is 30.1 Å². The zero-order valence-corrected chi connectivity index (χ0v) is 12.8. The third-order valence-electron chi connectivity index (χ3n) is 4.05. The quantitative estimate of drug-likeness (QED) is 0.816. The largest absolute Gasteiger partial charge is 0.376 e. The average Bonchev–Trinajstić information content (AvgIpc) is 2.45. The normalized spacial score (nSPS) is 22.0. The van der Waals surface area contributed by atoms with E-state index in [0.717, 1.165) is 12.1 Å². The maximum absolute atomic E-state index is 11.9. The Hall–Kier alpha value is -1.62. The van der Waals surface area contributed by atoms with Crippen LogP contribution in [0, 0.1) is 12.8 Å². The lowest BCUT2D eigenvalue weighted by molar-refractivity contribution is -0.00294. The highest BCUT2D eigenvalue weighted by Gasteiger charge is 2.21. The minimum absolute atomic E-state index is 0.145. The summed E-state index contributed by atoms with van der Waals surface area (Å²) in [5.74, 6) is 0.242. The zero-order valence-electron chi connectivity index (χ0n) is 12.8. The predicted molar refractivity (Wildman–Crippen MR) is 81.5 cm³/mol. The van der Waals surface area contributed by atoms with Crippen molar-refractivity contribution in [1.82, 2.24) is 10.3 Å². The molecule has 21 heavy (non-hydrogen) atoms. The third-order valence-corrected chi connectivity index (χ3v) is 4.05. The van der Waals surface area contributed by atoms with E-state index in [2.05, 4.69) is 17.2 Å². The van der Waals surface area contributed by atoms with E-state index >= 15 is 0 Å². The first-order valence-corrected chi connectivity index (χ1v) is 7.67. The molecule has 0 unspecified atom stereocenters. The highest BCUT2D eigenvalue weighted by molar-refractivity contribution is 5.93. The van der Waals surface area contributed by atoms with E-state index in [9.17, 15) is 9.59 Å². The van der Waals surface area contributed by atoms with Crippen LogP contribution in [0.5, 0.6) is 0 Å². The van der Waals surface area contributed by atoms with Gasteiger partial charge in [-0.3, -0.25) is 9.59 Å². The van der Waals surface area contributed by atoms with Crippen molar-refractivity contribution >= 4 is 5.91 Å². The fraction of sp³-hybridized carbons (Fsp3) is 0.625. The molecule has 1 fully saturated rings. The summed E-state index contributed by atoms with van der Waals surface area (Å²) < 4.78 is 5.83. The van der Waals surface area contributed by atoms with Crippen LogP contribution in [-0.2, 0) is 4.74 Å². The highest BCUT2D eigenvalue weighted by atomic mass is 16.5. The number of amides is 1. The number of rotatable bonds is 5. The fourth-order valence-electron chi connectivity index (χ4n) is 2.75. The Morgan fingerprint density at radius 1 is 1.38 bits per heavy atom. The van der Waals surface area contributed by atoms with Crippen molar-refractivity contribution in [1.29, 1.82) is 0 Å². The molecule has 1 heterocycles. The van der Waals surface area contributed by atoms with Crippen LogP contribution in [0.3, 0.4) is 0 Å². The van der Waals surface area contributed by atoms with E-state index in [0.29, 0.717) is 25.2 Å². The zero-order chi connectivity index (χ0) is 15.2. The number of aryl methyl sites for hydroxylation is 1. The first-order valence-electron chi connectivity index (χ1n) is 7.67. The molecule has 0 saturated heterocycles. The minimum atomic E-state index is -0.352. The van der Waals surface area contributed by atoms with Gasteiger partial charge in [0.05, 0.1) is 12.7 Å². The van der Waals surface area contributed by atoms with Gasteiger partial charge in [0.1, 0.15) is 5.56 Å². The second-order valence-corrected chi connectivity index (χ2v) is 5.81. The SMILES string of the molecule is Cc1ccc(C(=O)NCCO[C@H]2CCCC[C@H]2C)c(=O)[nH]1. The van der Waals surface area contributed by atoms with Crippen molar-refractivity contribution in [3.8, 4) is 0 Å². The fourth-order valence-corrected chi connectivity index (χ4v) is 2.75. The summed E-state index contributed by atoms with van der Waals surface area (Å²) in [4.78, 5) is 26.2. The van der Waals surface area contributed by atoms with Gasteiger partial charge in [-0.1, -0.05) is 19.8 Å². The maximum Gasteiger partial charge on any atom is 0.260 e. The molecule has 1 aromatic rings. The Morgan fingerprint density at radius 3 is 2.86 bits per heavy atom. The Balaban J connectivity index is 1.75. The Bertz CT molecular complexity index is 539. The van der Waals surface area contributed by atoms with Gasteiger partial charge in [0.25, 0.3) is 11.5 Å². The van der Waals surface area contributed by atoms with Gasteiger partial charge in [0, 0.05) is 12.2 Å². The van der Waals surface area contributed by atoms with Crippen molar-refractivity contribution in [2.45, 2.75) is 45.6 Å². The maximum atomic E-state index is 11.9. The van der Waals surface area contributed by atoms with Crippen molar-refractivity contribution in [3.05, 3.63) is 33.7 Å². The van der Waals surface area contributed by atoms with Crippen LogP contribution in [0.1, 0.15) is 48.7 Å². The number of hydrogen-bond donors (Lipinski definition) is 2. The first kappa shape index (κ1) is 15.8. The number of nitrogens with one attached hydrogen (secondary N) is 2. The molecule has 0 radical (unpaired) electrons. The molecular weight excluding hydrogens is 268 g/mol. The molecule has 1 saturated carbocycles. The average molecular weight is 292 g/mol. The van der Waals surface area contributed by atoms with Crippen molar-refractivity contribution in [2.24, 2.45) is 5.92 Å². The lowest BCUT2D eigenvalue weighted by Crippen LogP contribution is -2.34. The van der Waals surface area contributed by atoms with Crippen LogP contribution in [0.25, 0.3) is 0 Å². The number of pyridine rings is 1. The van der Waals surface area contributed by atoms with Gasteiger partial charge in [-0.2, -0.15) is 0 Å². The minimum Gasteiger partial charge on any atom is -0.376 e. The second kappa shape index (κ2) is 7.41. The van der Waals surface area contributed by atoms with E-state index in [4.69, 9.17) is 4.74 Å². The smallest absolute Gasteiger partial charge is 0.260 e. The number of aromatic nitrogens is 1. The van der Waals surface area contributed by atoms with Gasteiger partial charge in [-0.25, -0.2) is 0 Å². The molecule has 2 rings (SSSR count). The molecular formula is C16H24N2O3. The summed E-state index contributed by atoms with van der Waals surface area (Å²) in [6.45, 7) is 4.91. The molecule has 0 aliphatic heterocycles. The van der Waals surface area contributed by atoms with Crippen LogP contribution >= 0.6 is 0 Å². The van der Waals surface area contributed by atoms with Crippen LogP contribution in [0.4, 0.5) is 0 Å². The van der Waals surface area contributed by atoms with Crippen molar-refractivity contribution in [2.75, 3.05) is 13.2 Å². The van der Waals surface area contributed by atoms with Gasteiger partial charge in [-0.15, -0.1) is 0 Å². The molecule has 5 heteroatoms. The molecule has 1 aliphatic carbocycles. The van der Waals surface area contributed by atoms with Crippen LogP contribution in [0.2, 0.25) is 0 Å². The summed E-state index contributed by atoms with van der Waals surface area (Å²) >= 11 is 0. The van der Waals surface area contributed by atoms with Gasteiger partial charge < -0.3 is 15.0 Å². The first-order chi connectivity index (χ1) is 10.1. The monoisotopic (exact) mass is 292 g/mol. The number of carbonyl (C=O) groups excluding carboxylic acids is 1. The van der Waals surface area contributed by atoms with Crippen molar-refractivity contribution < 1.29 is 9.53 Å². The summed E-state index contributed by atoms with van der Waals surface area (Å²) in [6, 6.07) is 3.27. The lowest BCUT2D eigenvalue weighted by atomic mass is 9.88. The molecule has 116 valence electrons. The number of aromatic amines is 1.